The third-order valence-corrected chi connectivity index (χ3v) is 2.97. The molecule has 1 atom stereocenters. The van der Waals surface area contributed by atoms with Crippen LogP contribution in [0.1, 0.15) is 5.56 Å². The van der Waals surface area contributed by atoms with Gasteiger partial charge in [-0.15, -0.1) is 0 Å². The number of aliphatic imine (C=N–C) groups is 1. The average molecular weight is 311 g/mol. The van der Waals surface area contributed by atoms with Crippen LogP contribution < -0.4 is 0 Å². The van der Waals surface area contributed by atoms with Gasteiger partial charge in [-0.25, -0.2) is 9.79 Å². The molecule has 0 bridgehead atoms. The molecule has 0 fully saturated rings. The van der Waals surface area contributed by atoms with Gasteiger partial charge in [0.15, 0.2) is 11.6 Å². The van der Waals surface area contributed by atoms with Gasteiger partial charge in [-0.05, 0) is 11.6 Å². The number of hydrogen-bond acceptors (Lipinski definition) is 3. The van der Waals surface area contributed by atoms with Gasteiger partial charge in [0.05, 0.1) is 6.61 Å². The lowest BCUT2D eigenvalue weighted by Crippen LogP contribution is -2.32. The summed E-state index contributed by atoms with van der Waals surface area (Å²) in [5.41, 5.74) is 0.531. The topological polar surface area (TPSA) is 55.7 Å². The quantitative estimate of drug-likeness (QED) is 0.803. The Balaban J connectivity index is 1.89. The van der Waals surface area contributed by atoms with Crippen LogP contribution in [0.25, 0.3) is 0 Å². The first-order valence-corrected chi connectivity index (χ1v) is 6.46. The fourth-order valence-corrected chi connectivity index (χ4v) is 1.84. The minimum absolute atomic E-state index is 0.0482. The molecule has 1 aliphatic rings. The highest BCUT2D eigenvalue weighted by atomic mass is 19.4. The van der Waals surface area contributed by atoms with Crippen molar-refractivity contribution in [1.82, 2.24) is 0 Å². The molecule has 1 heterocycles. The highest BCUT2D eigenvalue weighted by Crippen LogP contribution is 2.30. The van der Waals surface area contributed by atoms with Gasteiger partial charge in [0.25, 0.3) is 5.91 Å². The van der Waals surface area contributed by atoms with E-state index in [0.29, 0.717) is 12.5 Å². The summed E-state index contributed by atoms with van der Waals surface area (Å²) in [4.78, 5) is 26.1. The fourth-order valence-electron chi connectivity index (χ4n) is 1.84. The van der Waals surface area contributed by atoms with Gasteiger partial charge in [-0.3, -0.25) is 4.79 Å². The Morgan fingerprint density at radius 2 is 1.91 bits per heavy atom. The van der Waals surface area contributed by atoms with E-state index >= 15 is 0 Å². The summed E-state index contributed by atoms with van der Waals surface area (Å²) in [6.45, 7) is 0.0482. The molecule has 0 N–H and O–H groups in total. The van der Waals surface area contributed by atoms with Gasteiger partial charge in [0, 0.05) is 6.42 Å². The van der Waals surface area contributed by atoms with Crippen LogP contribution in [0.5, 0.6) is 0 Å². The van der Waals surface area contributed by atoms with E-state index in [1.165, 1.54) is 0 Å². The van der Waals surface area contributed by atoms with Crippen molar-refractivity contribution in [1.29, 1.82) is 0 Å². The fraction of sp³-hybridized carbons (Fsp3) is 0.267. The zero-order valence-electron chi connectivity index (χ0n) is 11.3. The number of carbonyl (C=O) groups is 2. The summed E-state index contributed by atoms with van der Waals surface area (Å²) >= 11 is 0. The van der Waals surface area contributed by atoms with Crippen molar-refractivity contribution in [2.45, 2.75) is 12.6 Å². The zero-order valence-corrected chi connectivity index (χ0v) is 11.3. The van der Waals surface area contributed by atoms with Crippen LogP contribution in [0, 0.1) is 5.92 Å². The molecule has 1 unspecified atom stereocenters. The van der Waals surface area contributed by atoms with Crippen LogP contribution in [-0.4, -0.2) is 30.4 Å². The largest absolute Gasteiger partial charge is 0.461 e. The second kappa shape index (κ2) is 6.55. The van der Waals surface area contributed by atoms with E-state index < -0.39 is 29.7 Å². The smallest absolute Gasteiger partial charge is 0.403 e. The van der Waals surface area contributed by atoms with Crippen molar-refractivity contribution >= 4 is 17.6 Å². The normalized spacial score (nSPS) is 18.0. The van der Waals surface area contributed by atoms with Gasteiger partial charge >= 0.3 is 12.1 Å². The van der Waals surface area contributed by atoms with Gasteiger partial charge in [-0.1, -0.05) is 36.4 Å². The molecule has 1 aliphatic heterocycles. The van der Waals surface area contributed by atoms with Crippen LogP contribution in [0.3, 0.4) is 0 Å². The predicted octanol–water partition coefficient (Wildman–Crippen LogP) is 2.49. The third-order valence-electron chi connectivity index (χ3n) is 2.97. The Morgan fingerprint density at radius 1 is 1.23 bits per heavy atom. The number of benzene rings is 1. The van der Waals surface area contributed by atoms with Crippen LogP contribution in [0.4, 0.5) is 13.2 Å². The molecular weight excluding hydrogens is 299 g/mol. The number of amides is 1. The van der Waals surface area contributed by atoms with E-state index in [1.54, 1.807) is 0 Å². The van der Waals surface area contributed by atoms with Crippen molar-refractivity contribution in [3.8, 4) is 0 Å². The predicted molar refractivity (Wildman–Crippen MR) is 72.2 cm³/mol. The number of esters is 1. The van der Waals surface area contributed by atoms with E-state index in [9.17, 15) is 22.8 Å². The highest BCUT2D eigenvalue weighted by Gasteiger charge is 2.44. The van der Waals surface area contributed by atoms with Crippen molar-refractivity contribution in [2.24, 2.45) is 10.9 Å². The molecule has 4 nitrogen and oxygen atoms in total. The molecule has 7 heteroatoms. The average Bonchev–Trinajstić information content (AvgIpc) is 2.46. The minimum Gasteiger partial charge on any atom is -0.461 e. The molecule has 1 aromatic carbocycles. The van der Waals surface area contributed by atoms with Crippen LogP contribution >= 0.6 is 0 Å². The van der Waals surface area contributed by atoms with Crippen molar-refractivity contribution < 1.29 is 27.5 Å². The summed E-state index contributed by atoms with van der Waals surface area (Å²) in [6, 6.07) is 9.22. The first kappa shape index (κ1) is 15.9. The number of halogens is 3. The first-order chi connectivity index (χ1) is 10.4. The molecule has 1 aromatic rings. The molecule has 0 saturated heterocycles. The summed E-state index contributed by atoms with van der Waals surface area (Å²) in [5, 5.41) is 0. The summed E-state index contributed by atoms with van der Waals surface area (Å²) < 4.78 is 42.3. The first-order valence-electron chi connectivity index (χ1n) is 6.46. The Kier molecular flexibility index (Phi) is 4.75. The Labute approximate surface area is 124 Å². The number of carbonyl (C=O) groups excluding carboxylic acids is 2. The number of nitrogens with zero attached hydrogens (tertiary/aromatic N) is 1. The molecule has 116 valence electrons. The Morgan fingerprint density at radius 3 is 2.50 bits per heavy atom. The van der Waals surface area contributed by atoms with E-state index in [0.717, 1.165) is 11.6 Å². The lowest BCUT2D eigenvalue weighted by molar-refractivity contribution is -0.170. The van der Waals surface area contributed by atoms with Gasteiger partial charge in [0.1, 0.15) is 0 Å². The molecule has 0 saturated carbocycles. The van der Waals surface area contributed by atoms with Gasteiger partial charge < -0.3 is 4.74 Å². The second-order valence-electron chi connectivity index (χ2n) is 4.59. The van der Waals surface area contributed by atoms with Gasteiger partial charge in [0.2, 0.25) is 0 Å². The maximum atomic E-state index is 12.5. The molecule has 1 amide bonds. The molecule has 0 aromatic heterocycles. The standard InChI is InChI=1S/C15H12F3NO3/c16-15(17,18)11-6-7-12(19-13(11)20)14(21)22-9-8-10-4-2-1-3-5-10/h1-7,11H,8-9H2. The molecule has 22 heavy (non-hydrogen) atoms. The SMILES string of the molecule is O=C(OCCc1ccccc1)C1=NC(=O)C(C(F)(F)F)C=C1. The van der Waals surface area contributed by atoms with Crippen molar-refractivity contribution in [3.63, 3.8) is 0 Å². The molecule has 2 rings (SSSR count). The van der Waals surface area contributed by atoms with E-state index in [2.05, 4.69) is 4.99 Å². The second-order valence-corrected chi connectivity index (χ2v) is 4.59. The number of dihydropyridines is 1. The lowest BCUT2D eigenvalue weighted by Gasteiger charge is -2.16. The Hall–Kier alpha value is -2.44. The molecule has 0 aliphatic carbocycles. The zero-order chi connectivity index (χ0) is 16.2. The number of hydrogen-bond donors (Lipinski definition) is 0. The number of rotatable bonds is 4. The van der Waals surface area contributed by atoms with Crippen LogP contribution in [-0.2, 0) is 20.7 Å². The minimum atomic E-state index is -4.71. The summed E-state index contributed by atoms with van der Waals surface area (Å²) in [6.07, 6.45) is -2.77. The summed E-state index contributed by atoms with van der Waals surface area (Å²) in [5.74, 6) is -4.63. The number of alkyl halides is 3. The summed E-state index contributed by atoms with van der Waals surface area (Å²) in [7, 11) is 0. The van der Waals surface area contributed by atoms with E-state index in [-0.39, 0.29) is 6.61 Å². The van der Waals surface area contributed by atoms with E-state index in [1.807, 2.05) is 30.3 Å². The van der Waals surface area contributed by atoms with Crippen LogP contribution in [0.15, 0.2) is 47.5 Å². The van der Waals surface area contributed by atoms with Gasteiger partial charge in [-0.2, -0.15) is 13.2 Å². The molecule has 0 spiro atoms. The molecular formula is C15H12F3NO3. The van der Waals surface area contributed by atoms with Crippen molar-refractivity contribution in [2.75, 3.05) is 6.61 Å². The monoisotopic (exact) mass is 311 g/mol. The van der Waals surface area contributed by atoms with Crippen LogP contribution in [0.2, 0.25) is 0 Å². The highest BCUT2D eigenvalue weighted by molar-refractivity contribution is 6.43. The number of ether oxygens (including phenoxy) is 1. The molecule has 0 radical (unpaired) electrons. The Bertz CT molecular complexity index is 621. The third kappa shape index (κ3) is 4.03. The van der Waals surface area contributed by atoms with E-state index in [4.69, 9.17) is 4.74 Å². The maximum Gasteiger partial charge on any atom is 0.403 e. The van der Waals surface area contributed by atoms with Crippen molar-refractivity contribution in [3.05, 3.63) is 48.0 Å². The maximum absolute atomic E-state index is 12.5. The lowest BCUT2D eigenvalue weighted by atomic mass is 10.0.